The van der Waals surface area contributed by atoms with Gasteiger partial charge in [-0.1, -0.05) is 6.07 Å². The van der Waals surface area contributed by atoms with Crippen molar-refractivity contribution in [2.45, 2.75) is 25.8 Å². The van der Waals surface area contributed by atoms with E-state index in [0.29, 0.717) is 11.5 Å². The van der Waals surface area contributed by atoms with Crippen LogP contribution < -0.4 is 14.8 Å². The van der Waals surface area contributed by atoms with Gasteiger partial charge in [0.15, 0.2) is 18.1 Å². The number of piperidine rings is 1. The molecule has 5 nitrogen and oxygen atoms in total. The molecule has 116 valence electrons. The van der Waals surface area contributed by atoms with E-state index in [0.717, 1.165) is 38.0 Å². The van der Waals surface area contributed by atoms with Crippen molar-refractivity contribution in [3.63, 3.8) is 0 Å². The fraction of sp³-hybridized carbons (Fsp3) is 0.562. The summed E-state index contributed by atoms with van der Waals surface area (Å²) in [7, 11) is 3.50. The topological polar surface area (TPSA) is 50.8 Å². The molecule has 1 saturated heterocycles. The van der Waals surface area contributed by atoms with Crippen molar-refractivity contribution >= 4 is 5.91 Å². The molecule has 0 atom stereocenters. The third-order valence-electron chi connectivity index (χ3n) is 3.67. The summed E-state index contributed by atoms with van der Waals surface area (Å²) < 4.78 is 11.0. The molecule has 1 aromatic rings. The largest absolute Gasteiger partial charge is 0.493 e. The molecule has 0 aromatic heterocycles. The smallest absolute Gasteiger partial charge is 0.260 e. The molecule has 2 rings (SSSR count). The van der Waals surface area contributed by atoms with Gasteiger partial charge in [0, 0.05) is 19.6 Å². The van der Waals surface area contributed by atoms with Crippen LogP contribution in [0.1, 0.15) is 24.8 Å². The highest BCUT2D eigenvalue weighted by atomic mass is 16.5. The lowest BCUT2D eigenvalue weighted by atomic mass is 10.1. The zero-order chi connectivity index (χ0) is 15.1. The quantitative estimate of drug-likeness (QED) is 0.869. The highest BCUT2D eigenvalue weighted by Crippen LogP contribution is 2.28. The normalized spacial score (nSPS) is 14.9. The molecule has 0 aliphatic carbocycles. The number of carbonyl (C=O) groups excluding carboxylic acids is 1. The molecule has 1 N–H and O–H groups in total. The van der Waals surface area contributed by atoms with Gasteiger partial charge in [-0.25, -0.2) is 0 Å². The fourth-order valence-corrected chi connectivity index (χ4v) is 2.52. The summed E-state index contributed by atoms with van der Waals surface area (Å²) in [6, 6.07) is 5.76. The third kappa shape index (κ3) is 4.36. The average molecular weight is 292 g/mol. The van der Waals surface area contributed by atoms with E-state index in [-0.39, 0.29) is 12.5 Å². The van der Waals surface area contributed by atoms with Crippen LogP contribution in [0, 0.1) is 0 Å². The highest BCUT2D eigenvalue weighted by molar-refractivity contribution is 5.78. The first-order valence-corrected chi connectivity index (χ1v) is 7.46. The molecule has 1 fully saturated rings. The first-order chi connectivity index (χ1) is 10.2. The van der Waals surface area contributed by atoms with E-state index in [4.69, 9.17) is 9.47 Å². The Kier molecular flexibility index (Phi) is 5.87. The van der Waals surface area contributed by atoms with Gasteiger partial charge in [-0.15, -0.1) is 0 Å². The fourth-order valence-electron chi connectivity index (χ4n) is 2.52. The van der Waals surface area contributed by atoms with E-state index in [2.05, 4.69) is 5.32 Å². The molecule has 0 bridgehead atoms. The molecular weight excluding hydrogens is 268 g/mol. The second kappa shape index (κ2) is 7.88. The van der Waals surface area contributed by atoms with Crippen molar-refractivity contribution in [2.24, 2.45) is 0 Å². The SMILES string of the molecule is CNCc1ccc(OC)c(OCC(=O)N2CCCCC2)c1. The van der Waals surface area contributed by atoms with Gasteiger partial charge in [0.25, 0.3) is 5.91 Å². The summed E-state index contributed by atoms with van der Waals surface area (Å²) in [4.78, 5) is 14.0. The van der Waals surface area contributed by atoms with Gasteiger partial charge >= 0.3 is 0 Å². The zero-order valence-electron chi connectivity index (χ0n) is 12.9. The Morgan fingerprint density at radius 2 is 2.00 bits per heavy atom. The maximum absolute atomic E-state index is 12.1. The van der Waals surface area contributed by atoms with Gasteiger partial charge in [-0.05, 0) is 44.0 Å². The van der Waals surface area contributed by atoms with Crippen molar-refractivity contribution in [3.8, 4) is 11.5 Å². The van der Waals surface area contributed by atoms with E-state index in [9.17, 15) is 4.79 Å². The van der Waals surface area contributed by atoms with Gasteiger partial charge in [0.1, 0.15) is 0 Å². The first-order valence-electron chi connectivity index (χ1n) is 7.46. The van der Waals surface area contributed by atoms with E-state index >= 15 is 0 Å². The second-order valence-corrected chi connectivity index (χ2v) is 5.25. The lowest BCUT2D eigenvalue weighted by Gasteiger charge is -2.26. The standard InChI is InChI=1S/C16H24N2O3/c1-17-11-13-6-7-14(20-2)15(10-13)21-12-16(19)18-8-4-3-5-9-18/h6-7,10,17H,3-5,8-9,11-12H2,1-2H3. The van der Waals surface area contributed by atoms with Gasteiger partial charge < -0.3 is 19.7 Å². The second-order valence-electron chi connectivity index (χ2n) is 5.25. The Hall–Kier alpha value is -1.75. The lowest BCUT2D eigenvalue weighted by Crippen LogP contribution is -2.38. The maximum Gasteiger partial charge on any atom is 0.260 e. The number of nitrogens with one attached hydrogen (secondary N) is 1. The number of methoxy groups -OCH3 is 1. The monoisotopic (exact) mass is 292 g/mol. The van der Waals surface area contributed by atoms with Crippen LogP contribution in [0.2, 0.25) is 0 Å². The molecule has 0 saturated carbocycles. The maximum atomic E-state index is 12.1. The van der Waals surface area contributed by atoms with Crippen molar-refractivity contribution < 1.29 is 14.3 Å². The molecule has 0 spiro atoms. The van der Waals surface area contributed by atoms with Crippen LogP contribution >= 0.6 is 0 Å². The van der Waals surface area contributed by atoms with Crippen LogP contribution in [-0.2, 0) is 11.3 Å². The molecule has 1 aliphatic rings. The first kappa shape index (κ1) is 15.6. The number of amides is 1. The lowest BCUT2D eigenvalue weighted by molar-refractivity contribution is -0.134. The minimum absolute atomic E-state index is 0.0516. The van der Waals surface area contributed by atoms with Crippen LogP contribution in [0.4, 0.5) is 0 Å². The molecule has 0 radical (unpaired) electrons. The minimum atomic E-state index is 0.0516. The molecule has 5 heteroatoms. The number of rotatable bonds is 6. The van der Waals surface area contributed by atoms with Crippen LogP contribution in [0.5, 0.6) is 11.5 Å². The molecule has 1 amide bonds. The summed E-state index contributed by atoms with van der Waals surface area (Å²) >= 11 is 0. The van der Waals surface area contributed by atoms with E-state index in [1.54, 1.807) is 7.11 Å². The van der Waals surface area contributed by atoms with E-state index in [1.807, 2.05) is 30.1 Å². The number of nitrogens with zero attached hydrogens (tertiary/aromatic N) is 1. The number of likely N-dealkylation sites (tertiary alicyclic amines) is 1. The molecule has 1 heterocycles. The Balaban J connectivity index is 1.97. The Bertz CT molecular complexity index is 471. The van der Waals surface area contributed by atoms with Gasteiger partial charge in [0.2, 0.25) is 0 Å². The molecular formula is C16H24N2O3. The van der Waals surface area contributed by atoms with Gasteiger partial charge in [0.05, 0.1) is 7.11 Å². The van der Waals surface area contributed by atoms with Crippen molar-refractivity contribution in [2.75, 3.05) is 33.9 Å². The number of hydrogen-bond acceptors (Lipinski definition) is 4. The summed E-state index contributed by atoms with van der Waals surface area (Å²) in [5.41, 5.74) is 1.10. The van der Waals surface area contributed by atoms with Crippen LogP contribution in [0.3, 0.4) is 0 Å². The minimum Gasteiger partial charge on any atom is -0.493 e. The zero-order valence-corrected chi connectivity index (χ0v) is 12.9. The van der Waals surface area contributed by atoms with Crippen molar-refractivity contribution in [1.29, 1.82) is 0 Å². The van der Waals surface area contributed by atoms with Crippen molar-refractivity contribution in [1.82, 2.24) is 10.2 Å². The molecule has 1 aliphatic heterocycles. The number of benzene rings is 1. The number of carbonyl (C=O) groups is 1. The summed E-state index contributed by atoms with van der Waals surface area (Å²) in [6.45, 7) is 2.51. The number of hydrogen-bond donors (Lipinski definition) is 1. The highest BCUT2D eigenvalue weighted by Gasteiger charge is 2.17. The van der Waals surface area contributed by atoms with Crippen LogP contribution in [-0.4, -0.2) is 44.7 Å². The van der Waals surface area contributed by atoms with E-state index in [1.165, 1.54) is 6.42 Å². The Labute approximate surface area is 126 Å². The van der Waals surface area contributed by atoms with Crippen LogP contribution in [0.25, 0.3) is 0 Å². The van der Waals surface area contributed by atoms with Crippen molar-refractivity contribution in [3.05, 3.63) is 23.8 Å². The van der Waals surface area contributed by atoms with Gasteiger partial charge in [-0.2, -0.15) is 0 Å². The number of ether oxygens (including phenoxy) is 2. The molecule has 21 heavy (non-hydrogen) atoms. The predicted octanol–water partition coefficient (Wildman–Crippen LogP) is 1.81. The third-order valence-corrected chi connectivity index (χ3v) is 3.67. The Morgan fingerprint density at radius 1 is 1.24 bits per heavy atom. The molecule has 1 aromatic carbocycles. The summed E-state index contributed by atoms with van der Waals surface area (Å²) in [6.07, 6.45) is 3.39. The van der Waals surface area contributed by atoms with Crippen LogP contribution in [0.15, 0.2) is 18.2 Å². The van der Waals surface area contributed by atoms with Gasteiger partial charge in [-0.3, -0.25) is 4.79 Å². The summed E-state index contributed by atoms with van der Waals surface area (Å²) in [5.74, 6) is 1.33. The predicted molar refractivity (Wildman–Crippen MR) is 81.7 cm³/mol. The van der Waals surface area contributed by atoms with E-state index < -0.39 is 0 Å². The molecule has 0 unspecified atom stereocenters. The Morgan fingerprint density at radius 3 is 2.67 bits per heavy atom. The summed E-state index contributed by atoms with van der Waals surface area (Å²) in [5, 5.41) is 3.09. The average Bonchev–Trinajstić information content (AvgIpc) is 2.54.